The van der Waals surface area contributed by atoms with Gasteiger partial charge in [-0.15, -0.1) is 0 Å². The third-order valence-electron chi connectivity index (χ3n) is 2.38. The monoisotopic (exact) mass is 319 g/mol. The van der Waals surface area contributed by atoms with Crippen LogP contribution in [0.3, 0.4) is 0 Å². The lowest BCUT2D eigenvalue weighted by molar-refractivity contribution is -0.384. The molecule has 0 unspecified atom stereocenters. The van der Waals surface area contributed by atoms with E-state index in [1.807, 2.05) is 0 Å². The van der Waals surface area contributed by atoms with Crippen molar-refractivity contribution in [2.75, 3.05) is 11.9 Å². The Kier molecular flexibility index (Phi) is 5.96. The van der Waals surface area contributed by atoms with Crippen molar-refractivity contribution in [3.8, 4) is 24.0 Å². The van der Waals surface area contributed by atoms with Gasteiger partial charge in [-0.1, -0.05) is 0 Å². The number of nitro groups is 1. The molecule has 0 saturated heterocycles. The molecule has 0 aliphatic carbocycles. The molecular weight excluding hydrogens is 312 g/mol. The van der Waals surface area contributed by atoms with Crippen molar-refractivity contribution in [3.05, 3.63) is 39.6 Å². The lowest BCUT2D eigenvalue weighted by Crippen LogP contribution is -2.10. The van der Waals surface area contributed by atoms with Crippen LogP contribution < -0.4 is 10.1 Å². The molecule has 0 aliphatic rings. The van der Waals surface area contributed by atoms with Crippen LogP contribution in [0, 0.1) is 44.1 Å². The third-order valence-corrected chi connectivity index (χ3v) is 2.38. The van der Waals surface area contributed by atoms with Crippen molar-refractivity contribution in [2.45, 2.75) is 6.43 Å². The maximum atomic E-state index is 12.2. The smallest absolute Gasteiger partial charge is 0.272 e. The van der Waals surface area contributed by atoms with Crippen LogP contribution in [0.2, 0.25) is 0 Å². The summed E-state index contributed by atoms with van der Waals surface area (Å²) in [5.74, 6) is -0.195. The number of nitrogens with one attached hydrogen (secondary N) is 1. The molecule has 0 aliphatic heterocycles. The number of ether oxygens (including phenoxy) is 1. The van der Waals surface area contributed by atoms with Gasteiger partial charge in [0.15, 0.2) is 5.57 Å². The summed E-state index contributed by atoms with van der Waals surface area (Å²) in [6.45, 7) is -0.971. The molecule has 1 aromatic rings. The van der Waals surface area contributed by atoms with Gasteiger partial charge in [-0.3, -0.25) is 10.1 Å². The highest BCUT2D eigenvalue weighted by atomic mass is 19.3. The molecule has 0 aromatic heterocycles. The normalized spacial score (nSPS) is 9.22. The third kappa shape index (κ3) is 4.66. The summed E-state index contributed by atoms with van der Waals surface area (Å²) in [5.41, 5.74) is -1.65. The van der Waals surface area contributed by atoms with Crippen molar-refractivity contribution in [3.63, 3.8) is 0 Å². The van der Waals surface area contributed by atoms with E-state index in [1.165, 1.54) is 12.1 Å². The van der Waals surface area contributed by atoms with Crippen LogP contribution in [0.4, 0.5) is 20.2 Å². The van der Waals surface area contributed by atoms with Crippen LogP contribution in [0.15, 0.2) is 29.5 Å². The van der Waals surface area contributed by atoms with E-state index < -0.39 is 34.9 Å². The van der Waals surface area contributed by atoms with Crippen molar-refractivity contribution in [1.29, 1.82) is 15.8 Å². The highest BCUT2D eigenvalue weighted by Gasteiger charge is 2.16. The number of anilines is 1. The Labute approximate surface area is 128 Å². The topological polar surface area (TPSA) is 136 Å². The van der Waals surface area contributed by atoms with Crippen molar-refractivity contribution >= 4 is 11.4 Å². The standard InChI is InChI=1S/C13H7F2N5O3/c14-13(15)7-23-12-2-1-9(20(21)22)3-10(12)19-11(6-18)8(4-16)5-17/h1-3,13,19H,7H2. The molecule has 1 rings (SSSR count). The van der Waals surface area contributed by atoms with Gasteiger partial charge in [0, 0.05) is 12.1 Å². The van der Waals surface area contributed by atoms with Crippen LogP contribution in [-0.4, -0.2) is 18.0 Å². The van der Waals surface area contributed by atoms with Crippen LogP contribution in [0.5, 0.6) is 5.75 Å². The largest absolute Gasteiger partial charge is 0.485 e. The summed E-state index contributed by atoms with van der Waals surface area (Å²) in [4.78, 5) is 10.0. The molecule has 116 valence electrons. The fourth-order valence-electron chi connectivity index (χ4n) is 1.43. The van der Waals surface area contributed by atoms with Gasteiger partial charge < -0.3 is 10.1 Å². The summed E-state index contributed by atoms with van der Waals surface area (Å²) < 4.78 is 29.2. The van der Waals surface area contributed by atoms with Crippen LogP contribution >= 0.6 is 0 Å². The number of nitrogens with zero attached hydrogens (tertiary/aromatic N) is 4. The maximum Gasteiger partial charge on any atom is 0.272 e. The van der Waals surface area contributed by atoms with Gasteiger partial charge in [0.05, 0.1) is 10.6 Å². The van der Waals surface area contributed by atoms with E-state index in [9.17, 15) is 18.9 Å². The van der Waals surface area contributed by atoms with E-state index >= 15 is 0 Å². The minimum Gasteiger partial charge on any atom is -0.485 e. The first-order valence-electron chi connectivity index (χ1n) is 5.84. The molecule has 0 bridgehead atoms. The van der Waals surface area contributed by atoms with Gasteiger partial charge in [0.2, 0.25) is 0 Å². The number of nitriles is 3. The summed E-state index contributed by atoms with van der Waals surface area (Å²) in [7, 11) is 0. The number of allylic oxidation sites excluding steroid dienone is 2. The highest BCUT2D eigenvalue weighted by molar-refractivity contribution is 5.67. The van der Waals surface area contributed by atoms with Crippen molar-refractivity contribution < 1.29 is 18.4 Å². The predicted octanol–water partition coefficient (Wildman–Crippen LogP) is 2.48. The average molecular weight is 319 g/mol. The molecule has 0 saturated carbocycles. The highest BCUT2D eigenvalue weighted by Crippen LogP contribution is 2.30. The summed E-state index contributed by atoms with van der Waals surface area (Å²) in [6.07, 6.45) is -2.78. The second-order valence-corrected chi connectivity index (χ2v) is 3.85. The van der Waals surface area contributed by atoms with E-state index in [1.54, 1.807) is 6.07 Å². The number of halogens is 2. The van der Waals surface area contributed by atoms with Gasteiger partial charge in [-0.2, -0.15) is 15.8 Å². The molecule has 1 N–H and O–H groups in total. The number of non-ortho nitro benzene ring substituents is 1. The predicted molar refractivity (Wildman–Crippen MR) is 72.1 cm³/mol. The molecule has 8 nitrogen and oxygen atoms in total. The zero-order chi connectivity index (χ0) is 17.4. The zero-order valence-electron chi connectivity index (χ0n) is 11.3. The molecule has 0 fully saturated rings. The quantitative estimate of drug-likeness (QED) is 0.483. The van der Waals surface area contributed by atoms with E-state index in [-0.39, 0.29) is 11.4 Å². The van der Waals surface area contributed by atoms with Crippen LogP contribution in [0.25, 0.3) is 0 Å². The number of nitro benzene ring substituents is 1. The Balaban J connectivity index is 3.30. The molecule has 0 amide bonds. The first-order chi connectivity index (χ1) is 10.9. The average Bonchev–Trinajstić information content (AvgIpc) is 2.53. The molecule has 0 atom stereocenters. The van der Waals surface area contributed by atoms with Crippen molar-refractivity contribution in [2.24, 2.45) is 0 Å². The molecular formula is C13H7F2N5O3. The minimum absolute atomic E-state index is 0.195. The SMILES string of the molecule is N#CC(C#N)=C(C#N)Nc1cc([N+](=O)[O-])ccc1OCC(F)F. The molecule has 23 heavy (non-hydrogen) atoms. The minimum atomic E-state index is -2.78. The summed E-state index contributed by atoms with van der Waals surface area (Å²) >= 11 is 0. The Hall–Kier alpha value is -3.71. The first kappa shape index (κ1) is 17.3. The van der Waals surface area contributed by atoms with E-state index in [4.69, 9.17) is 20.5 Å². The van der Waals surface area contributed by atoms with Gasteiger partial charge in [-0.05, 0) is 6.07 Å². The summed E-state index contributed by atoms with van der Waals surface area (Å²) in [6, 6.07) is 7.51. The van der Waals surface area contributed by atoms with E-state index in [2.05, 4.69) is 5.32 Å². The molecule has 10 heteroatoms. The van der Waals surface area contributed by atoms with Gasteiger partial charge in [0.25, 0.3) is 12.1 Å². The lowest BCUT2D eigenvalue weighted by atomic mass is 10.2. The lowest BCUT2D eigenvalue weighted by Gasteiger charge is -2.12. The zero-order valence-corrected chi connectivity index (χ0v) is 11.3. The van der Waals surface area contributed by atoms with E-state index in [0.29, 0.717) is 0 Å². The van der Waals surface area contributed by atoms with E-state index in [0.717, 1.165) is 18.2 Å². The fourth-order valence-corrected chi connectivity index (χ4v) is 1.43. The number of alkyl halides is 2. The van der Waals surface area contributed by atoms with Gasteiger partial charge >= 0.3 is 0 Å². The Morgan fingerprint density at radius 2 is 1.96 bits per heavy atom. The number of rotatable bonds is 6. The Morgan fingerprint density at radius 3 is 2.43 bits per heavy atom. The molecule has 0 spiro atoms. The Morgan fingerprint density at radius 1 is 1.30 bits per heavy atom. The second-order valence-electron chi connectivity index (χ2n) is 3.85. The molecule has 0 heterocycles. The second kappa shape index (κ2) is 7.91. The van der Waals surface area contributed by atoms with Crippen LogP contribution in [-0.2, 0) is 0 Å². The van der Waals surface area contributed by atoms with Crippen LogP contribution in [0.1, 0.15) is 0 Å². The van der Waals surface area contributed by atoms with Crippen molar-refractivity contribution in [1.82, 2.24) is 0 Å². The number of hydrogen-bond donors (Lipinski definition) is 1. The Bertz CT molecular complexity index is 755. The van der Waals surface area contributed by atoms with Gasteiger partial charge in [-0.25, -0.2) is 8.78 Å². The molecule has 0 radical (unpaired) electrons. The molecule has 1 aromatic carbocycles. The summed E-state index contributed by atoms with van der Waals surface area (Å²) in [5, 5.41) is 39.5. The van der Waals surface area contributed by atoms with Gasteiger partial charge in [0.1, 0.15) is 36.3 Å². The maximum absolute atomic E-state index is 12.2. The number of hydrogen-bond acceptors (Lipinski definition) is 7. The fraction of sp³-hybridized carbons (Fsp3) is 0.154. The number of benzene rings is 1. The first-order valence-corrected chi connectivity index (χ1v) is 5.84.